The van der Waals surface area contributed by atoms with Gasteiger partial charge in [0, 0.05) is 37.3 Å². The normalized spacial score (nSPS) is 16.4. The molecule has 1 saturated heterocycles. The number of likely N-dealkylation sites (tertiary alicyclic amines) is 1. The van der Waals surface area contributed by atoms with Crippen LogP contribution in [0.3, 0.4) is 0 Å². The van der Waals surface area contributed by atoms with E-state index in [0.29, 0.717) is 24.8 Å². The maximum atomic E-state index is 13.0. The first-order chi connectivity index (χ1) is 14.5. The third-order valence-corrected chi connectivity index (χ3v) is 5.99. The molecule has 2 aromatic carbocycles. The molecule has 2 N–H and O–H groups in total. The van der Waals surface area contributed by atoms with Crippen molar-refractivity contribution in [2.24, 2.45) is 0 Å². The highest BCUT2D eigenvalue weighted by Crippen LogP contribution is 2.34. The summed E-state index contributed by atoms with van der Waals surface area (Å²) in [4.78, 5) is 14.5. The van der Waals surface area contributed by atoms with Gasteiger partial charge in [0.05, 0.1) is 5.60 Å². The second-order valence-electron chi connectivity index (χ2n) is 8.27. The number of nitrogens with one attached hydrogen (secondary N) is 1. The summed E-state index contributed by atoms with van der Waals surface area (Å²) in [6, 6.07) is 13.9. The Morgan fingerprint density at radius 2 is 1.87 bits per heavy atom. The van der Waals surface area contributed by atoms with Gasteiger partial charge in [0.1, 0.15) is 5.82 Å². The average Bonchev–Trinajstić information content (AvgIpc) is 2.76. The minimum atomic E-state index is -0.789. The molecule has 1 fully saturated rings. The summed E-state index contributed by atoms with van der Waals surface area (Å²) in [5.41, 5.74) is 1.83. The zero-order valence-electron chi connectivity index (χ0n) is 17.9. The quantitative estimate of drug-likeness (QED) is 0.427. The van der Waals surface area contributed by atoms with Crippen molar-refractivity contribution in [2.45, 2.75) is 51.0 Å². The lowest BCUT2D eigenvalue weighted by atomic mass is 9.84. The molecule has 0 spiro atoms. The van der Waals surface area contributed by atoms with Crippen molar-refractivity contribution in [1.29, 1.82) is 0 Å². The zero-order valence-corrected chi connectivity index (χ0v) is 17.9. The Hall–Kier alpha value is -2.24. The van der Waals surface area contributed by atoms with Crippen LogP contribution in [0.4, 0.5) is 10.1 Å². The Kier molecular flexibility index (Phi) is 8.00. The van der Waals surface area contributed by atoms with E-state index < -0.39 is 5.60 Å². The van der Waals surface area contributed by atoms with Crippen molar-refractivity contribution in [2.75, 3.05) is 31.5 Å². The highest BCUT2D eigenvalue weighted by Gasteiger charge is 2.33. The fourth-order valence-corrected chi connectivity index (χ4v) is 4.01. The van der Waals surface area contributed by atoms with E-state index in [1.807, 2.05) is 12.1 Å². The number of ketones is 1. The van der Waals surface area contributed by atoms with Crippen LogP contribution in [0.5, 0.6) is 0 Å². The van der Waals surface area contributed by atoms with E-state index in [0.717, 1.165) is 56.7 Å². The topological polar surface area (TPSA) is 52.6 Å². The number of rotatable bonds is 10. The van der Waals surface area contributed by atoms with Gasteiger partial charge in [-0.1, -0.05) is 25.5 Å². The molecule has 1 heterocycles. The minimum Gasteiger partial charge on any atom is -0.385 e. The van der Waals surface area contributed by atoms with E-state index in [-0.39, 0.29) is 11.6 Å². The van der Waals surface area contributed by atoms with Gasteiger partial charge in [-0.3, -0.25) is 4.79 Å². The number of benzene rings is 2. The molecular weight excluding hydrogens is 379 g/mol. The van der Waals surface area contributed by atoms with E-state index in [9.17, 15) is 14.3 Å². The summed E-state index contributed by atoms with van der Waals surface area (Å²) >= 11 is 0. The van der Waals surface area contributed by atoms with Crippen LogP contribution in [0.15, 0.2) is 48.5 Å². The Morgan fingerprint density at radius 1 is 1.13 bits per heavy atom. The van der Waals surface area contributed by atoms with Gasteiger partial charge < -0.3 is 15.3 Å². The molecule has 30 heavy (non-hydrogen) atoms. The van der Waals surface area contributed by atoms with Crippen LogP contribution in [0, 0.1) is 5.82 Å². The summed E-state index contributed by atoms with van der Waals surface area (Å²) in [7, 11) is 0. The Labute approximate surface area is 179 Å². The Bertz CT molecular complexity index is 814. The lowest BCUT2D eigenvalue weighted by Crippen LogP contribution is -2.43. The van der Waals surface area contributed by atoms with Gasteiger partial charge in [0.25, 0.3) is 0 Å². The monoisotopic (exact) mass is 412 g/mol. The molecule has 0 unspecified atom stereocenters. The number of Topliss-reactive ketones (excluding diaryl/α,β-unsaturated/α-hetero) is 1. The molecule has 0 atom stereocenters. The van der Waals surface area contributed by atoms with E-state index >= 15 is 0 Å². The standard InChI is InChI=1S/C25H33FN2O2/c1-2-3-15-27-23-7-4-6-21(19-23)25(30)13-17-28(18-14-25)16-5-8-24(29)20-9-11-22(26)12-10-20/h4,6-7,9-12,19,27,30H,2-3,5,8,13-18H2,1H3. The predicted molar refractivity (Wildman–Crippen MR) is 119 cm³/mol. The molecular formula is C25H33FN2O2. The van der Waals surface area contributed by atoms with E-state index in [4.69, 9.17) is 0 Å². The number of anilines is 1. The molecule has 5 heteroatoms. The van der Waals surface area contributed by atoms with E-state index in [2.05, 4.69) is 29.3 Å². The fraction of sp³-hybridized carbons (Fsp3) is 0.480. The first-order valence-corrected chi connectivity index (χ1v) is 11.1. The van der Waals surface area contributed by atoms with Gasteiger partial charge in [0.2, 0.25) is 0 Å². The van der Waals surface area contributed by atoms with Crippen molar-refractivity contribution in [1.82, 2.24) is 4.90 Å². The summed E-state index contributed by atoms with van der Waals surface area (Å²) in [6.07, 6.45) is 4.90. The summed E-state index contributed by atoms with van der Waals surface area (Å²) < 4.78 is 13.0. The fourth-order valence-electron chi connectivity index (χ4n) is 4.01. The van der Waals surface area contributed by atoms with Crippen LogP contribution in [0.25, 0.3) is 0 Å². The summed E-state index contributed by atoms with van der Waals surface area (Å²) in [5, 5.41) is 14.6. The number of carbonyl (C=O) groups excluding carboxylic acids is 1. The molecule has 2 aromatic rings. The van der Waals surface area contributed by atoms with Crippen LogP contribution in [0.2, 0.25) is 0 Å². The van der Waals surface area contributed by atoms with Gasteiger partial charge in [0.15, 0.2) is 5.78 Å². The molecule has 3 rings (SSSR count). The highest BCUT2D eigenvalue weighted by molar-refractivity contribution is 5.95. The van der Waals surface area contributed by atoms with Crippen molar-refractivity contribution in [3.05, 3.63) is 65.5 Å². The van der Waals surface area contributed by atoms with Crippen molar-refractivity contribution >= 4 is 11.5 Å². The van der Waals surface area contributed by atoms with Gasteiger partial charge >= 0.3 is 0 Å². The van der Waals surface area contributed by atoms with Crippen LogP contribution < -0.4 is 5.32 Å². The molecule has 0 bridgehead atoms. The number of hydrogen-bond acceptors (Lipinski definition) is 4. The van der Waals surface area contributed by atoms with Crippen LogP contribution in [-0.2, 0) is 5.60 Å². The molecule has 162 valence electrons. The molecule has 4 nitrogen and oxygen atoms in total. The van der Waals surface area contributed by atoms with Crippen LogP contribution in [-0.4, -0.2) is 42.0 Å². The second kappa shape index (κ2) is 10.7. The third kappa shape index (κ3) is 6.13. The van der Waals surface area contributed by atoms with Crippen LogP contribution in [0.1, 0.15) is 61.4 Å². The predicted octanol–water partition coefficient (Wildman–Crippen LogP) is 4.98. The van der Waals surface area contributed by atoms with Gasteiger partial charge in [-0.15, -0.1) is 0 Å². The van der Waals surface area contributed by atoms with Crippen molar-refractivity contribution in [3.63, 3.8) is 0 Å². The molecule has 0 saturated carbocycles. The first kappa shape index (κ1) is 22.4. The number of hydrogen-bond donors (Lipinski definition) is 2. The van der Waals surface area contributed by atoms with Gasteiger partial charge in [-0.25, -0.2) is 4.39 Å². The largest absolute Gasteiger partial charge is 0.385 e. The molecule has 0 aliphatic carbocycles. The molecule has 0 radical (unpaired) electrons. The molecule has 1 aliphatic heterocycles. The van der Waals surface area contributed by atoms with Gasteiger partial charge in [-0.05, 0) is 74.2 Å². The number of piperidine rings is 1. The number of carbonyl (C=O) groups is 1. The molecule has 0 aromatic heterocycles. The van der Waals surface area contributed by atoms with Crippen molar-refractivity contribution in [3.8, 4) is 0 Å². The maximum absolute atomic E-state index is 13.0. The Morgan fingerprint density at radius 3 is 2.57 bits per heavy atom. The minimum absolute atomic E-state index is 0.0518. The van der Waals surface area contributed by atoms with E-state index in [1.165, 1.54) is 12.1 Å². The smallest absolute Gasteiger partial charge is 0.162 e. The van der Waals surface area contributed by atoms with E-state index in [1.54, 1.807) is 12.1 Å². The third-order valence-electron chi connectivity index (χ3n) is 5.99. The SMILES string of the molecule is CCCCNc1cccc(C2(O)CCN(CCCC(=O)c3ccc(F)cc3)CC2)c1. The summed E-state index contributed by atoms with van der Waals surface area (Å²) in [5.74, 6) is -0.273. The zero-order chi connectivity index (χ0) is 21.4. The molecule has 1 aliphatic rings. The number of aliphatic hydroxyl groups is 1. The average molecular weight is 413 g/mol. The van der Waals surface area contributed by atoms with Gasteiger partial charge in [-0.2, -0.15) is 0 Å². The summed E-state index contributed by atoms with van der Waals surface area (Å²) in [6.45, 7) is 5.58. The Balaban J connectivity index is 1.45. The molecule has 0 amide bonds. The number of unbranched alkanes of at least 4 members (excludes halogenated alkanes) is 1. The number of nitrogens with zero attached hydrogens (tertiary/aromatic N) is 1. The maximum Gasteiger partial charge on any atom is 0.162 e. The highest BCUT2D eigenvalue weighted by atomic mass is 19.1. The van der Waals surface area contributed by atoms with Crippen molar-refractivity contribution < 1.29 is 14.3 Å². The number of halogens is 1. The lowest BCUT2D eigenvalue weighted by molar-refractivity contribution is -0.0260. The van der Waals surface area contributed by atoms with Crippen LogP contribution >= 0.6 is 0 Å². The first-order valence-electron chi connectivity index (χ1n) is 11.1. The second-order valence-corrected chi connectivity index (χ2v) is 8.27. The lowest BCUT2D eigenvalue weighted by Gasteiger charge is -2.38.